The largest absolute Gasteiger partial charge is 0.390 e. The first-order valence-corrected chi connectivity index (χ1v) is 4.35. The Morgan fingerprint density at radius 3 is 2.73 bits per heavy atom. The van der Waals surface area contributed by atoms with Crippen molar-refractivity contribution >= 4 is 10.9 Å². The van der Waals surface area contributed by atoms with Gasteiger partial charge in [0.15, 0.2) is 0 Å². The lowest BCUT2D eigenvalue weighted by molar-refractivity contribution is 0.275. The number of nitrogens with one attached hydrogen (secondary N) is 1. The third-order valence-corrected chi connectivity index (χ3v) is 2.05. The Hall–Kier alpha value is -2.01. The normalized spacial score (nSPS) is 10.5. The SMILES string of the molecule is O=c1[nH]c2ccccc2c(=O)nc1CO. The van der Waals surface area contributed by atoms with Gasteiger partial charge in [0.2, 0.25) is 0 Å². The molecule has 0 amide bonds. The van der Waals surface area contributed by atoms with Gasteiger partial charge < -0.3 is 10.1 Å². The van der Waals surface area contributed by atoms with E-state index >= 15 is 0 Å². The first-order valence-electron chi connectivity index (χ1n) is 4.35. The number of hydrogen-bond donors (Lipinski definition) is 2. The van der Waals surface area contributed by atoms with E-state index in [2.05, 4.69) is 9.97 Å². The van der Waals surface area contributed by atoms with Gasteiger partial charge in [0.1, 0.15) is 5.69 Å². The van der Waals surface area contributed by atoms with E-state index in [0.717, 1.165) is 0 Å². The van der Waals surface area contributed by atoms with Gasteiger partial charge in [0.25, 0.3) is 11.1 Å². The van der Waals surface area contributed by atoms with Crippen LogP contribution in [0.1, 0.15) is 5.69 Å². The van der Waals surface area contributed by atoms with Crippen LogP contribution in [0.2, 0.25) is 0 Å². The van der Waals surface area contributed by atoms with E-state index in [1.54, 1.807) is 24.3 Å². The Morgan fingerprint density at radius 1 is 1.27 bits per heavy atom. The van der Waals surface area contributed by atoms with Gasteiger partial charge in [0, 0.05) is 0 Å². The lowest BCUT2D eigenvalue weighted by Gasteiger charge is -1.86. The fourth-order valence-electron chi connectivity index (χ4n) is 1.31. The van der Waals surface area contributed by atoms with Gasteiger partial charge in [-0.3, -0.25) is 9.59 Å². The third kappa shape index (κ3) is 1.64. The molecule has 0 aliphatic rings. The summed E-state index contributed by atoms with van der Waals surface area (Å²) < 4.78 is 0. The summed E-state index contributed by atoms with van der Waals surface area (Å²) >= 11 is 0. The predicted molar refractivity (Wildman–Crippen MR) is 54.6 cm³/mol. The van der Waals surface area contributed by atoms with Crippen LogP contribution in [0, 0.1) is 0 Å². The summed E-state index contributed by atoms with van der Waals surface area (Å²) in [6, 6.07) is 6.57. The number of rotatable bonds is 1. The second-order valence-corrected chi connectivity index (χ2v) is 3.02. The van der Waals surface area contributed by atoms with E-state index in [0.29, 0.717) is 10.9 Å². The van der Waals surface area contributed by atoms with E-state index in [4.69, 9.17) is 5.11 Å². The molecule has 0 aliphatic heterocycles. The Morgan fingerprint density at radius 2 is 2.00 bits per heavy atom. The van der Waals surface area contributed by atoms with Crippen LogP contribution in [0.25, 0.3) is 10.9 Å². The standard InChI is InChI=1S/C10H8N2O3/c13-5-8-10(15)11-7-4-2-1-3-6(7)9(14)12-8/h1-4,13H,5H2,(H,11,15). The first kappa shape index (κ1) is 9.54. The summed E-state index contributed by atoms with van der Waals surface area (Å²) in [5, 5.41) is 9.17. The molecule has 15 heavy (non-hydrogen) atoms. The third-order valence-electron chi connectivity index (χ3n) is 2.05. The minimum Gasteiger partial charge on any atom is -0.390 e. The van der Waals surface area contributed by atoms with Crippen LogP contribution in [0.5, 0.6) is 0 Å². The molecule has 1 aromatic carbocycles. The van der Waals surface area contributed by atoms with Crippen molar-refractivity contribution in [2.75, 3.05) is 0 Å². The monoisotopic (exact) mass is 204 g/mol. The number of aromatic nitrogens is 2. The van der Waals surface area contributed by atoms with Crippen LogP contribution in [0.3, 0.4) is 0 Å². The molecule has 0 spiro atoms. The molecule has 76 valence electrons. The van der Waals surface area contributed by atoms with Crippen LogP contribution >= 0.6 is 0 Å². The summed E-state index contributed by atoms with van der Waals surface area (Å²) in [7, 11) is 0. The van der Waals surface area contributed by atoms with Crippen molar-refractivity contribution in [3.8, 4) is 0 Å². The van der Waals surface area contributed by atoms with Crippen LogP contribution in [-0.4, -0.2) is 15.1 Å². The van der Waals surface area contributed by atoms with E-state index in [1.807, 2.05) is 0 Å². The highest BCUT2D eigenvalue weighted by Crippen LogP contribution is 2.01. The Labute approximate surface area is 84.0 Å². The number of aromatic amines is 1. The molecule has 2 aromatic rings. The molecule has 0 saturated carbocycles. The molecule has 0 unspecified atom stereocenters. The van der Waals surface area contributed by atoms with Crippen molar-refractivity contribution in [1.82, 2.24) is 9.97 Å². The quantitative estimate of drug-likeness (QED) is 0.672. The lowest BCUT2D eigenvalue weighted by Crippen LogP contribution is -2.13. The molecular formula is C10H8N2O3. The summed E-state index contributed by atoms with van der Waals surface area (Å²) in [6.07, 6.45) is 0. The Balaban J connectivity index is 3.03. The average molecular weight is 204 g/mol. The van der Waals surface area contributed by atoms with Gasteiger partial charge in [-0.25, -0.2) is 4.98 Å². The Bertz CT molecular complexity index is 619. The maximum atomic E-state index is 11.5. The number of para-hydroxylation sites is 1. The zero-order valence-corrected chi connectivity index (χ0v) is 7.73. The van der Waals surface area contributed by atoms with E-state index in [9.17, 15) is 9.59 Å². The molecule has 5 nitrogen and oxygen atoms in total. The van der Waals surface area contributed by atoms with Gasteiger partial charge >= 0.3 is 0 Å². The van der Waals surface area contributed by atoms with Gasteiger partial charge in [-0.2, -0.15) is 0 Å². The number of aliphatic hydroxyl groups excluding tert-OH is 1. The molecule has 1 aromatic heterocycles. The summed E-state index contributed by atoms with van der Waals surface area (Å²) in [5.74, 6) is 0. The molecule has 2 N–H and O–H groups in total. The fourth-order valence-corrected chi connectivity index (χ4v) is 1.31. The van der Waals surface area contributed by atoms with Crippen molar-refractivity contribution in [3.05, 3.63) is 50.7 Å². The van der Waals surface area contributed by atoms with Gasteiger partial charge in [0.05, 0.1) is 17.5 Å². The van der Waals surface area contributed by atoms with Crippen molar-refractivity contribution in [3.63, 3.8) is 0 Å². The van der Waals surface area contributed by atoms with Gasteiger partial charge in [-0.15, -0.1) is 0 Å². The number of nitrogens with zero attached hydrogens (tertiary/aromatic N) is 1. The molecule has 0 fully saturated rings. The second-order valence-electron chi connectivity index (χ2n) is 3.02. The summed E-state index contributed by atoms with van der Waals surface area (Å²) in [6.45, 7) is -0.550. The molecule has 0 atom stereocenters. The zero-order valence-electron chi connectivity index (χ0n) is 7.73. The zero-order chi connectivity index (χ0) is 10.8. The van der Waals surface area contributed by atoms with E-state index < -0.39 is 17.7 Å². The number of fused-ring (bicyclic) bond motifs is 1. The number of aliphatic hydroxyl groups is 1. The molecule has 1 heterocycles. The van der Waals surface area contributed by atoms with Crippen molar-refractivity contribution in [1.29, 1.82) is 0 Å². The molecule has 0 saturated heterocycles. The minimum atomic E-state index is -0.550. The fraction of sp³-hybridized carbons (Fsp3) is 0.100. The second kappa shape index (κ2) is 3.62. The van der Waals surface area contributed by atoms with E-state index in [-0.39, 0.29) is 5.69 Å². The Kier molecular flexibility index (Phi) is 2.31. The highest BCUT2D eigenvalue weighted by Gasteiger charge is 2.02. The highest BCUT2D eigenvalue weighted by molar-refractivity contribution is 5.76. The molecule has 2 rings (SSSR count). The van der Waals surface area contributed by atoms with Crippen molar-refractivity contribution in [2.45, 2.75) is 6.61 Å². The maximum Gasteiger partial charge on any atom is 0.279 e. The molecule has 0 aliphatic carbocycles. The van der Waals surface area contributed by atoms with Crippen LogP contribution in [0.15, 0.2) is 33.9 Å². The van der Waals surface area contributed by atoms with Gasteiger partial charge in [-0.05, 0) is 12.1 Å². The predicted octanol–water partition coefficient (Wildman–Crippen LogP) is -0.224. The van der Waals surface area contributed by atoms with Gasteiger partial charge in [-0.1, -0.05) is 12.1 Å². The van der Waals surface area contributed by atoms with Crippen LogP contribution in [-0.2, 0) is 6.61 Å². The molecule has 5 heteroatoms. The number of H-pyrrole nitrogens is 1. The molecule has 0 bridgehead atoms. The minimum absolute atomic E-state index is 0.170. The number of benzene rings is 1. The van der Waals surface area contributed by atoms with Crippen molar-refractivity contribution in [2.24, 2.45) is 0 Å². The highest BCUT2D eigenvalue weighted by atomic mass is 16.3. The van der Waals surface area contributed by atoms with Crippen molar-refractivity contribution < 1.29 is 5.11 Å². The molecule has 0 radical (unpaired) electrons. The lowest BCUT2D eigenvalue weighted by atomic mass is 10.2. The smallest absolute Gasteiger partial charge is 0.279 e. The first-order chi connectivity index (χ1) is 7.22. The van der Waals surface area contributed by atoms with Crippen LogP contribution in [0.4, 0.5) is 0 Å². The number of hydrogen-bond acceptors (Lipinski definition) is 4. The summed E-state index contributed by atoms with van der Waals surface area (Å²) in [5.41, 5.74) is -0.820. The molecular weight excluding hydrogens is 196 g/mol. The average Bonchev–Trinajstić information content (AvgIpc) is 2.37. The van der Waals surface area contributed by atoms with Crippen LogP contribution < -0.4 is 11.1 Å². The summed E-state index contributed by atoms with van der Waals surface area (Å²) in [4.78, 5) is 29.0. The van der Waals surface area contributed by atoms with E-state index in [1.165, 1.54) is 0 Å². The maximum absolute atomic E-state index is 11.5. The topological polar surface area (TPSA) is 83.0 Å².